The van der Waals surface area contributed by atoms with Gasteiger partial charge in [-0.15, -0.1) is 0 Å². The normalized spacial score (nSPS) is 11.6. The fraction of sp³-hybridized carbons (Fsp3) is 0.516. The third kappa shape index (κ3) is 11.7. The summed E-state index contributed by atoms with van der Waals surface area (Å²) in [5.74, 6) is -0.529. The van der Waals surface area contributed by atoms with Crippen molar-refractivity contribution >= 4 is 11.5 Å². The highest BCUT2D eigenvalue weighted by Crippen LogP contribution is 2.16. The molecule has 0 bridgehead atoms. The zero-order chi connectivity index (χ0) is 25.1. The van der Waals surface area contributed by atoms with E-state index in [2.05, 4.69) is 27.7 Å². The molecular formula is C31H47NO2. The number of ketones is 1. The highest BCUT2D eigenvalue weighted by molar-refractivity contribution is 6.07. The number of nitrogens with zero attached hydrogens (tertiary/aromatic N) is 1. The minimum Gasteiger partial charge on any atom is -0.872 e. The lowest BCUT2D eigenvalue weighted by molar-refractivity contribution is -0.929. The smallest absolute Gasteiger partial charge is 0.185 e. The third-order valence-corrected chi connectivity index (χ3v) is 6.32. The predicted octanol–water partition coefficient (Wildman–Crippen LogP) is 7.27. The molecule has 2 aromatic carbocycles. The topological polar surface area (TPSA) is 40.1 Å². The van der Waals surface area contributed by atoms with Crippen LogP contribution in [0.3, 0.4) is 0 Å². The van der Waals surface area contributed by atoms with Gasteiger partial charge in [0.25, 0.3) is 0 Å². The van der Waals surface area contributed by atoms with Crippen molar-refractivity contribution in [3.8, 4) is 0 Å². The molecule has 0 amide bonds. The second-order valence-corrected chi connectivity index (χ2v) is 9.26. The second kappa shape index (κ2) is 18.0. The SMILES string of the molecule is CCCC[N+](CCCC)(CCCC)CCCC.O=C(/C=C(\[O-])c1ccccc1)c1ccccc1. The van der Waals surface area contributed by atoms with E-state index in [4.69, 9.17) is 0 Å². The van der Waals surface area contributed by atoms with Gasteiger partial charge in [-0.3, -0.25) is 4.79 Å². The summed E-state index contributed by atoms with van der Waals surface area (Å²) in [5.41, 5.74) is 1.05. The Hall–Kier alpha value is -2.39. The Labute approximate surface area is 209 Å². The summed E-state index contributed by atoms with van der Waals surface area (Å²) in [4.78, 5) is 11.8. The number of benzene rings is 2. The minimum absolute atomic E-state index is 0.264. The molecule has 0 saturated heterocycles. The van der Waals surface area contributed by atoms with Crippen molar-refractivity contribution in [3.63, 3.8) is 0 Å². The summed E-state index contributed by atoms with van der Waals surface area (Å²) >= 11 is 0. The first-order valence-electron chi connectivity index (χ1n) is 13.4. The summed E-state index contributed by atoms with van der Waals surface area (Å²) in [5, 5.41) is 11.8. The number of rotatable bonds is 15. The number of quaternary nitrogens is 1. The lowest BCUT2D eigenvalue weighted by atomic mass is 10.1. The van der Waals surface area contributed by atoms with E-state index in [1.807, 2.05) is 12.1 Å². The number of unbranched alkanes of at least 4 members (excludes halogenated alkanes) is 4. The van der Waals surface area contributed by atoms with Gasteiger partial charge in [0.15, 0.2) is 5.78 Å². The molecule has 0 radical (unpaired) electrons. The molecule has 0 aliphatic rings. The summed E-state index contributed by atoms with van der Waals surface area (Å²) in [7, 11) is 0. The van der Waals surface area contributed by atoms with E-state index in [1.54, 1.807) is 48.5 Å². The average molecular weight is 466 g/mol. The molecule has 188 valence electrons. The molecule has 3 heteroatoms. The third-order valence-electron chi connectivity index (χ3n) is 6.32. The van der Waals surface area contributed by atoms with Crippen molar-refractivity contribution in [1.82, 2.24) is 0 Å². The first-order chi connectivity index (χ1) is 16.5. The van der Waals surface area contributed by atoms with Gasteiger partial charge in [-0.2, -0.15) is 0 Å². The van der Waals surface area contributed by atoms with Gasteiger partial charge in [-0.1, -0.05) is 120 Å². The number of carbonyl (C=O) groups is 1. The molecular weight excluding hydrogens is 418 g/mol. The Bertz CT molecular complexity index is 761. The molecule has 0 heterocycles. The highest BCUT2D eigenvalue weighted by Gasteiger charge is 2.24. The van der Waals surface area contributed by atoms with Gasteiger partial charge in [0.05, 0.1) is 26.2 Å². The fourth-order valence-electron chi connectivity index (χ4n) is 4.14. The summed E-state index contributed by atoms with van der Waals surface area (Å²) in [6.45, 7) is 15.0. The van der Waals surface area contributed by atoms with Crippen molar-refractivity contribution in [1.29, 1.82) is 0 Å². The molecule has 2 rings (SSSR count). The van der Waals surface area contributed by atoms with Crippen LogP contribution >= 0.6 is 0 Å². The predicted molar refractivity (Wildman–Crippen MR) is 145 cm³/mol. The monoisotopic (exact) mass is 465 g/mol. The Balaban J connectivity index is 0.000000340. The van der Waals surface area contributed by atoms with Crippen molar-refractivity contribution < 1.29 is 14.4 Å². The Kier molecular flexibility index (Phi) is 15.7. The molecule has 0 aliphatic carbocycles. The van der Waals surface area contributed by atoms with Gasteiger partial charge >= 0.3 is 0 Å². The van der Waals surface area contributed by atoms with Gasteiger partial charge in [0.1, 0.15) is 0 Å². The van der Waals surface area contributed by atoms with Gasteiger partial charge in [-0.25, -0.2) is 0 Å². The molecule has 34 heavy (non-hydrogen) atoms. The average Bonchev–Trinajstić information content (AvgIpc) is 2.89. The van der Waals surface area contributed by atoms with Crippen LogP contribution in [0.5, 0.6) is 0 Å². The molecule has 2 aromatic rings. The van der Waals surface area contributed by atoms with Crippen LogP contribution in [0, 0.1) is 0 Å². The molecule has 0 fully saturated rings. The Morgan fingerprint density at radius 1 is 0.647 bits per heavy atom. The van der Waals surface area contributed by atoms with Crippen molar-refractivity contribution in [2.45, 2.75) is 79.1 Å². The fourth-order valence-corrected chi connectivity index (χ4v) is 4.14. The quantitative estimate of drug-likeness (QED) is 0.120. The highest BCUT2D eigenvalue weighted by atomic mass is 16.3. The maximum absolute atomic E-state index is 11.8. The van der Waals surface area contributed by atoms with Crippen molar-refractivity contribution in [3.05, 3.63) is 77.9 Å². The molecule has 0 aromatic heterocycles. The maximum atomic E-state index is 11.8. The van der Waals surface area contributed by atoms with E-state index in [9.17, 15) is 9.90 Å². The number of hydrogen-bond donors (Lipinski definition) is 0. The van der Waals surface area contributed by atoms with Crippen LogP contribution in [0.2, 0.25) is 0 Å². The van der Waals surface area contributed by atoms with E-state index in [1.165, 1.54) is 82.0 Å². The number of allylic oxidation sites excluding steroid dienone is 1. The molecule has 0 saturated carbocycles. The van der Waals surface area contributed by atoms with Crippen LogP contribution in [0.25, 0.3) is 5.76 Å². The Morgan fingerprint density at radius 2 is 1.00 bits per heavy atom. The first kappa shape index (κ1) is 29.6. The standard InChI is InChI=1S/C16H36N.C15H12O2/c1-5-9-13-17(14-10-6-2,15-11-7-3)16-12-8-4;16-14(12-7-3-1-4-8-12)11-15(17)13-9-5-2-6-10-13/h5-16H2,1-4H3;1-11,16H/q+1;/p-1/b;14-11-. The van der Waals surface area contributed by atoms with Crippen LogP contribution in [-0.2, 0) is 0 Å². The van der Waals surface area contributed by atoms with Gasteiger partial charge in [0.2, 0.25) is 0 Å². The van der Waals surface area contributed by atoms with Gasteiger partial charge in [0, 0.05) is 5.56 Å². The van der Waals surface area contributed by atoms with E-state index < -0.39 is 0 Å². The summed E-state index contributed by atoms with van der Waals surface area (Å²) in [6.07, 6.45) is 12.2. The minimum atomic E-state index is -0.264. The van der Waals surface area contributed by atoms with Crippen LogP contribution in [0.4, 0.5) is 0 Å². The van der Waals surface area contributed by atoms with E-state index in [0.717, 1.165) is 6.08 Å². The summed E-state index contributed by atoms with van der Waals surface area (Å²) < 4.78 is 1.42. The van der Waals surface area contributed by atoms with Gasteiger partial charge < -0.3 is 9.59 Å². The molecule has 0 atom stereocenters. The Morgan fingerprint density at radius 3 is 1.35 bits per heavy atom. The van der Waals surface area contributed by atoms with E-state index >= 15 is 0 Å². The largest absolute Gasteiger partial charge is 0.872 e. The van der Waals surface area contributed by atoms with Crippen LogP contribution < -0.4 is 5.11 Å². The zero-order valence-electron chi connectivity index (χ0n) is 22.1. The molecule has 0 spiro atoms. The molecule has 0 N–H and O–H groups in total. The van der Waals surface area contributed by atoms with Crippen LogP contribution in [0.1, 0.15) is 95.0 Å². The molecule has 0 unspecified atom stereocenters. The maximum Gasteiger partial charge on any atom is 0.185 e. The lowest BCUT2D eigenvalue weighted by Gasteiger charge is -2.39. The number of hydrogen-bond acceptors (Lipinski definition) is 2. The van der Waals surface area contributed by atoms with Crippen molar-refractivity contribution in [2.75, 3.05) is 26.2 Å². The first-order valence-corrected chi connectivity index (χ1v) is 13.4. The van der Waals surface area contributed by atoms with Gasteiger partial charge in [-0.05, 0) is 37.3 Å². The van der Waals surface area contributed by atoms with E-state index in [0.29, 0.717) is 11.1 Å². The lowest BCUT2D eigenvalue weighted by Crippen LogP contribution is -2.50. The molecule has 0 aliphatic heterocycles. The van der Waals surface area contributed by atoms with Crippen molar-refractivity contribution in [2.24, 2.45) is 0 Å². The number of carbonyl (C=O) groups excluding carboxylic acids is 1. The second-order valence-electron chi connectivity index (χ2n) is 9.26. The summed E-state index contributed by atoms with van der Waals surface area (Å²) in [6, 6.07) is 17.5. The molecule has 3 nitrogen and oxygen atoms in total. The van der Waals surface area contributed by atoms with Crippen LogP contribution in [-0.4, -0.2) is 36.4 Å². The van der Waals surface area contributed by atoms with Crippen LogP contribution in [0.15, 0.2) is 66.7 Å². The zero-order valence-corrected chi connectivity index (χ0v) is 22.1. The van der Waals surface area contributed by atoms with E-state index in [-0.39, 0.29) is 11.5 Å².